The number of anilines is 1. The fraction of sp³-hybridized carbons (Fsp3) is 0.600. The van der Waals surface area contributed by atoms with Gasteiger partial charge in [-0.25, -0.2) is 0 Å². The highest BCUT2D eigenvalue weighted by molar-refractivity contribution is 5.65. The number of aliphatic hydroxyl groups is 1. The van der Waals surface area contributed by atoms with E-state index in [1.54, 1.807) is 19.1 Å². The summed E-state index contributed by atoms with van der Waals surface area (Å²) in [4.78, 5) is 15.3. The molecule has 0 bridgehead atoms. The minimum Gasteiger partial charge on any atom is -0.389 e. The van der Waals surface area contributed by atoms with E-state index in [0.717, 1.165) is 19.6 Å². The number of hydrogen-bond donors (Lipinski definition) is 1. The highest BCUT2D eigenvalue weighted by atomic mass is 16.6. The lowest BCUT2D eigenvalue weighted by molar-refractivity contribution is -0.384. The normalized spacial score (nSPS) is 20.3. The third kappa shape index (κ3) is 3.16. The third-order valence-corrected chi connectivity index (χ3v) is 4.34. The SMILES string of the molecule is C[C@H](O)c1ccc(N2CCN(C)C(C)(C)C2)c([N+](=O)[O-])c1. The molecule has 1 atom stereocenters. The summed E-state index contributed by atoms with van der Waals surface area (Å²) in [7, 11) is 2.07. The van der Waals surface area contributed by atoms with Crippen LogP contribution in [-0.2, 0) is 0 Å². The van der Waals surface area contributed by atoms with Crippen LogP contribution in [0.5, 0.6) is 0 Å². The Hall–Kier alpha value is -1.66. The molecule has 1 aromatic carbocycles. The molecule has 0 amide bonds. The van der Waals surface area contributed by atoms with E-state index in [2.05, 4.69) is 30.7 Å². The number of aliphatic hydroxyl groups excluding tert-OH is 1. The average Bonchev–Trinajstić information content (AvgIpc) is 2.41. The van der Waals surface area contributed by atoms with Crippen molar-refractivity contribution in [3.05, 3.63) is 33.9 Å². The summed E-state index contributed by atoms with van der Waals surface area (Å²) in [5.74, 6) is 0. The lowest BCUT2D eigenvalue weighted by Gasteiger charge is -2.46. The van der Waals surface area contributed by atoms with E-state index in [-0.39, 0.29) is 16.1 Å². The van der Waals surface area contributed by atoms with E-state index in [9.17, 15) is 15.2 Å². The molecule has 116 valence electrons. The molecule has 6 heteroatoms. The predicted octanol–water partition coefficient (Wildman–Crippen LogP) is 2.18. The topological polar surface area (TPSA) is 69.8 Å². The monoisotopic (exact) mass is 293 g/mol. The van der Waals surface area contributed by atoms with Gasteiger partial charge in [0.25, 0.3) is 5.69 Å². The molecule has 0 spiro atoms. The van der Waals surface area contributed by atoms with Crippen LogP contribution < -0.4 is 4.90 Å². The van der Waals surface area contributed by atoms with Crippen molar-refractivity contribution in [3.8, 4) is 0 Å². The maximum absolute atomic E-state index is 11.4. The van der Waals surface area contributed by atoms with E-state index < -0.39 is 6.10 Å². The molecule has 6 nitrogen and oxygen atoms in total. The fourth-order valence-corrected chi connectivity index (χ4v) is 2.66. The third-order valence-electron chi connectivity index (χ3n) is 4.34. The van der Waals surface area contributed by atoms with Gasteiger partial charge >= 0.3 is 0 Å². The van der Waals surface area contributed by atoms with Crippen LogP contribution in [0, 0.1) is 10.1 Å². The minimum atomic E-state index is -0.707. The van der Waals surface area contributed by atoms with Crippen LogP contribution in [0.3, 0.4) is 0 Å². The number of rotatable bonds is 3. The van der Waals surface area contributed by atoms with Crippen molar-refractivity contribution in [2.75, 3.05) is 31.6 Å². The summed E-state index contributed by atoms with van der Waals surface area (Å²) in [6.45, 7) is 8.23. The molecule has 0 aliphatic carbocycles. The van der Waals surface area contributed by atoms with Crippen LogP contribution >= 0.6 is 0 Å². The molecule has 1 aliphatic rings. The maximum Gasteiger partial charge on any atom is 0.292 e. The Labute approximate surface area is 125 Å². The molecule has 0 saturated carbocycles. The van der Waals surface area contributed by atoms with Gasteiger partial charge in [-0.05, 0) is 39.4 Å². The van der Waals surface area contributed by atoms with Crippen molar-refractivity contribution in [2.24, 2.45) is 0 Å². The van der Waals surface area contributed by atoms with E-state index in [1.165, 1.54) is 6.07 Å². The molecular formula is C15H23N3O3. The summed E-state index contributed by atoms with van der Waals surface area (Å²) in [5.41, 5.74) is 1.23. The Bertz CT molecular complexity index is 543. The number of piperazine rings is 1. The Morgan fingerprint density at radius 1 is 1.38 bits per heavy atom. The standard InChI is InChI=1S/C15H23N3O3/c1-11(19)12-5-6-13(14(9-12)18(20)21)17-8-7-16(4)15(2,3)10-17/h5-6,9,11,19H,7-8,10H2,1-4H3/t11-/m0/s1. The van der Waals surface area contributed by atoms with Crippen molar-refractivity contribution in [1.29, 1.82) is 0 Å². The Morgan fingerprint density at radius 3 is 2.57 bits per heavy atom. The zero-order chi connectivity index (χ0) is 15.8. The van der Waals surface area contributed by atoms with Crippen LogP contribution in [0.25, 0.3) is 0 Å². The second-order valence-electron chi connectivity index (χ2n) is 6.34. The second-order valence-corrected chi connectivity index (χ2v) is 6.34. The van der Waals surface area contributed by atoms with Gasteiger partial charge in [0.2, 0.25) is 0 Å². The number of nitrogens with zero attached hydrogens (tertiary/aromatic N) is 3. The van der Waals surface area contributed by atoms with Crippen molar-refractivity contribution < 1.29 is 10.0 Å². The summed E-state index contributed by atoms with van der Waals surface area (Å²) in [6, 6.07) is 4.99. The van der Waals surface area contributed by atoms with Gasteiger partial charge in [0.15, 0.2) is 0 Å². The van der Waals surface area contributed by atoms with Crippen molar-refractivity contribution in [3.63, 3.8) is 0 Å². The van der Waals surface area contributed by atoms with Crippen LogP contribution in [0.2, 0.25) is 0 Å². The highest BCUT2D eigenvalue weighted by Gasteiger charge is 2.33. The average molecular weight is 293 g/mol. The molecule has 1 aliphatic heterocycles. The number of nitro groups is 1. The summed E-state index contributed by atoms with van der Waals surface area (Å²) >= 11 is 0. The first-order valence-corrected chi connectivity index (χ1v) is 7.15. The number of hydrogen-bond acceptors (Lipinski definition) is 5. The molecule has 1 fully saturated rings. The van der Waals surface area contributed by atoms with E-state index in [4.69, 9.17) is 0 Å². The van der Waals surface area contributed by atoms with Crippen LogP contribution in [-0.4, -0.2) is 47.2 Å². The fourth-order valence-electron chi connectivity index (χ4n) is 2.66. The molecule has 1 saturated heterocycles. The first kappa shape index (κ1) is 15.7. The number of likely N-dealkylation sites (N-methyl/N-ethyl adjacent to an activating group) is 1. The smallest absolute Gasteiger partial charge is 0.292 e. The largest absolute Gasteiger partial charge is 0.389 e. The molecule has 1 aromatic rings. The quantitative estimate of drug-likeness (QED) is 0.683. The van der Waals surface area contributed by atoms with Gasteiger partial charge in [-0.15, -0.1) is 0 Å². The van der Waals surface area contributed by atoms with Gasteiger partial charge in [0.1, 0.15) is 5.69 Å². The minimum absolute atomic E-state index is 0.0327. The molecule has 0 unspecified atom stereocenters. The van der Waals surface area contributed by atoms with Crippen molar-refractivity contribution in [1.82, 2.24) is 4.90 Å². The van der Waals surface area contributed by atoms with Crippen molar-refractivity contribution in [2.45, 2.75) is 32.4 Å². The van der Waals surface area contributed by atoms with Gasteiger partial charge < -0.3 is 10.0 Å². The van der Waals surface area contributed by atoms with Gasteiger partial charge in [0.05, 0.1) is 11.0 Å². The molecule has 1 heterocycles. The molecule has 1 N–H and O–H groups in total. The lowest BCUT2D eigenvalue weighted by Crippen LogP contribution is -2.57. The predicted molar refractivity (Wildman–Crippen MR) is 82.7 cm³/mol. The van der Waals surface area contributed by atoms with E-state index >= 15 is 0 Å². The van der Waals surface area contributed by atoms with Gasteiger partial charge in [-0.3, -0.25) is 15.0 Å². The van der Waals surface area contributed by atoms with Gasteiger partial charge in [-0.1, -0.05) is 6.07 Å². The lowest BCUT2D eigenvalue weighted by atomic mass is 9.98. The molecule has 0 aromatic heterocycles. The number of nitro benzene ring substituents is 1. The van der Waals surface area contributed by atoms with Crippen LogP contribution in [0.15, 0.2) is 18.2 Å². The summed E-state index contributed by atoms with van der Waals surface area (Å²) in [5, 5.41) is 21.0. The highest BCUT2D eigenvalue weighted by Crippen LogP contribution is 2.34. The van der Waals surface area contributed by atoms with Crippen LogP contribution in [0.4, 0.5) is 11.4 Å². The Morgan fingerprint density at radius 2 is 2.05 bits per heavy atom. The van der Waals surface area contributed by atoms with Crippen LogP contribution in [0.1, 0.15) is 32.4 Å². The molecular weight excluding hydrogens is 270 g/mol. The summed E-state index contributed by atoms with van der Waals surface area (Å²) in [6.07, 6.45) is -0.707. The van der Waals surface area contributed by atoms with E-state index in [1.807, 2.05) is 0 Å². The van der Waals surface area contributed by atoms with Crippen molar-refractivity contribution >= 4 is 11.4 Å². The Balaban J connectivity index is 2.37. The number of benzene rings is 1. The van der Waals surface area contributed by atoms with Gasteiger partial charge in [-0.2, -0.15) is 0 Å². The zero-order valence-electron chi connectivity index (χ0n) is 13.0. The Kier molecular flexibility index (Phi) is 4.20. The maximum atomic E-state index is 11.4. The molecule has 2 rings (SSSR count). The second kappa shape index (κ2) is 5.61. The first-order valence-electron chi connectivity index (χ1n) is 7.15. The summed E-state index contributed by atoms with van der Waals surface area (Å²) < 4.78 is 0. The van der Waals surface area contributed by atoms with Gasteiger partial charge in [0, 0.05) is 31.2 Å². The van der Waals surface area contributed by atoms with E-state index in [0.29, 0.717) is 11.3 Å². The first-order chi connectivity index (χ1) is 9.72. The zero-order valence-corrected chi connectivity index (χ0v) is 13.0. The molecule has 21 heavy (non-hydrogen) atoms. The molecule has 0 radical (unpaired) electrons.